The molecule has 0 bridgehead atoms. The largest absolute Gasteiger partial charge is 0.309 e. The van der Waals surface area contributed by atoms with Gasteiger partial charge in [-0.3, -0.25) is 0 Å². The second-order valence-corrected chi connectivity index (χ2v) is 14.8. The fourth-order valence-corrected chi connectivity index (χ4v) is 9.01. The van der Waals surface area contributed by atoms with Crippen molar-refractivity contribution in [1.29, 1.82) is 0 Å². The molecule has 0 amide bonds. The van der Waals surface area contributed by atoms with Gasteiger partial charge in [-0.25, -0.2) is 0 Å². The van der Waals surface area contributed by atoms with Crippen molar-refractivity contribution in [3.63, 3.8) is 0 Å². The zero-order valence-corrected chi connectivity index (χ0v) is 31.3. The average molecular weight is 724 g/mol. The van der Waals surface area contributed by atoms with Crippen LogP contribution in [0.4, 0.5) is 0 Å². The number of rotatable bonds is 6. The number of fused-ring (bicyclic) bond motifs is 6. The van der Waals surface area contributed by atoms with E-state index in [1.807, 2.05) is 0 Å². The SMILES string of the molecule is C(=Cc1ccc(-c2ccccc2)c2ccccc12)c1ccc(-c2c3ccccc3c(-c3ccc(-n4c5ccccc5c5ccccc54)cc3)c3ccccc23)cc1. The maximum Gasteiger partial charge on any atom is 0.0541 e. The summed E-state index contributed by atoms with van der Waals surface area (Å²) in [6.45, 7) is 0. The van der Waals surface area contributed by atoms with Gasteiger partial charge in [-0.15, -0.1) is 0 Å². The Bertz CT molecular complexity index is 3200. The van der Waals surface area contributed by atoms with Crippen LogP contribution in [-0.4, -0.2) is 4.57 Å². The zero-order chi connectivity index (χ0) is 37.7. The third-order valence-electron chi connectivity index (χ3n) is 11.6. The quantitative estimate of drug-likeness (QED) is 0.119. The van der Waals surface area contributed by atoms with Crippen molar-refractivity contribution in [2.45, 2.75) is 0 Å². The van der Waals surface area contributed by atoms with Gasteiger partial charge in [0.15, 0.2) is 0 Å². The van der Waals surface area contributed by atoms with Crippen LogP contribution in [0.15, 0.2) is 212 Å². The Balaban J connectivity index is 0.976. The smallest absolute Gasteiger partial charge is 0.0541 e. The Morgan fingerprint density at radius 3 is 1.26 bits per heavy atom. The molecule has 0 unspecified atom stereocenters. The van der Waals surface area contributed by atoms with Gasteiger partial charge < -0.3 is 4.57 Å². The molecule has 0 atom stereocenters. The molecular formula is C56H37N. The standard InChI is InChI=1S/C56H37N/c1-2-14-39(15-3-1)45-37-34-40(44-16-4-5-17-46(44)45)29-26-38-27-30-41(31-28-38)55-49-20-6-8-22-51(49)56(52-23-9-7-21-50(52)55)42-32-35-43(36-33-42)57-53-24-12-10-18-47(53)48-19-11-13-25-54(48)57/h1-37H. The number of hydrogen-bond acceptors (Lipinski definition) is 0. The summed E-state index contributed by atoms with van der Waals surface area (Å²) in [5.41, 5.74) is 13.4. The number of aromatic nitrogens is 1. The first kappa shape index (κ1) is 32.9. The zero-order valence-electron chi connectivity index (χ0n) is 31.3. The molecule has 1 nitrogen and oxygen atoms in total. The highest BCUT2D eigenvalue weighted by Crippen LogP contribution is 2.44. The molecule has 266 valence electrons. The summed E-state index contributed by atoms with van der Waals surface area (Å²) >= 11 is 0. The van der Waals surface area contributed by atoms with E-state index in [-0.39, 0.29) is 0 Å². The molecule has 1 aromatic heterocycles. The first-order chi connectivity index (χ1) is 28.3. The molecule has 0 aliphatic rings. The maximum absolute atomic E-state index is 2.39. The van der Waals surface area contributed by atoms with E-state index < -0.39 is 0 Å². The van der Waals surface area contributed by atoms with Crippen LogP contribution in [-0.2, 0) is 0 Å². The maximum atomic E-state index is 2.39. The highest BCUT2D eigenvalue weighted by atomic mass is 15.0. The van der Waals surface area contributed by atoms with Crippen molar-refractivity contribution < 1.29 is 0 Å². The normalized spacial score (nSPS) is 11.8. The monoisotopic (exact) mass is 723 g/mol. The van der Waals surface area contributed by atoms with Gasteiger partial charge in [-0.1, -0.05) is 200 Å². The predicted molar refractivity (Wildman–Crippen MR) is 245 cm³/mol. The van der Waals surface area contributed by atoms with E-state index in [1.54, 1.807) is 0 Å². The van der Waals surface area contributed by atoms with Crippen LogP contribution >= 0.6 is 0 Å². The Morgan fingerprint density at radius 2 is 0.719 bits per heavy atom. The summed E-state index contributed by atoms with van der Waals surface area (Å²) in [6.07, 6.45) is 4.48. The Labute approximate surface area is 332 Å². The lowest BCUT2D eigenvalue weighted by Gasteiger charge is -2.18. The number of benzene rings is 10. The van der Waals surface area contributed by atoms with Crippen molar-refractivity contribution in [2.75, 3.05) is 0 Å². The third kappa shape index (κ3) is 5.55. The van der Waals surface area contributed by atoms with Gasteiger partial charge in [-0.05, 0) is 101 Å². The highest BCUT2D eigenvalue weighted by Gasteiger charge is 2.17. The minimum absolute atomic E-state index is 1.16. The molecule has 0 aliphatic heterocycles. The van der Waals surface area contributed by atoms with Crippen molar-refractivity contribution in [3.8, 4) is 39.1 Å². The van der Waals surface area contributed by atoms with Crippen LogP contribution < -0.4 is 0 Å². The Morgan fingerprint density at radius 1 is 0.281 bits per heavy atom. The van der Waals surface area contributed by atoms with Crippen LogP contribution in [0.3, 0.4) is 0 Å². The van der Waals surface area contributed by atoms with Crippen LogP contribution in [0.2, 0.25) is 0 Å². The highest BCUT2D eigenvalue weighted by molar-refractivity contribution is 6.21. The van der Waals surface area contributed by atoms with Crippen molar-refractivity contribution in [3.05, 3.63) is 223 Å². The van der Waals surface area contributed by atoms with Gasteiger partial charge in [0.2, 0.25) is 0 Å². The van der Waals surface area contributed by atoms with Crippen molar-refractivity contribution in [2.24, 2.45) is 0 Å². The summed E-state index contributed by atoms with van der Waals surface area (Å²) in [5.74, 6) is 0. The lowest BCUT2D eigenvalue weighted by molar-refractivity contribution is 1.18. The number of para-hydroxylation sites is 2. The summed E-state index contributed by atoms with van der Waals surface area (Å²) in [7, 11) is 0. The molecular weight excluding hydrogens is 687 g/mol. The average Bonchev–Trinajstić information content (AvgIpc) is 3.62. The molecule has 11 rings (SSSR count). The molecule has 0 spiro atoms. The van der Waals surface area contributed by atoms with Crippen LogP contribution in [0.1, 0.15) is 11.1 Å². The molecule has 0 saturated carbocycles. The van der Waals surface area contributed by atoms with E-state index in [9.17, 15) is 0 Å². The second-order valence-electron chi connectivity index (χ2n) is 14.8. The first-order valence-electron chi connectivity index (χ1n) is 19.7. The third-order valence-corrected chi connectivity index (χ3v) is 11.6. The van der Waals surface area contributed by atoms with E-state index in [0.29, 0.717) is 0 Å². The second kappa shape index (κ2) is 13.7. The van der Waals surface area contributed by atoms with Gasteiger partial charge in [0.25, 0.3) is 0 Å². The number of hydrogen-bond donors (Lipinski definition) is 0. The summed E-state index contributed by atoms with van der Waals surface area (Å²) in [6, 6.07) is 77.3. The number of nitrogens with zero attached hydrogens (tertiary/aromatic N) is 1. The minimum Gasteiger partial charge on any atom is -0.309 e. The molecule has 0 aliphatic carbocycles. The van der Waals surface area contributed by atoms with Crippen LogP contribution in [0, 0.1) is 0 Å². The first-order valence-corrected chi connectivity index (χ1v) is 19.7. The summed E-state index contributed by atoms with van der Waals surface area (Å²) in [4.78, 5) is 0. The molecule has 0 radical (unpaired) electrons. The predicted octanol–water partition coefficient (Wildman–Crippen LogP) is 15.4. The molecule has 11 aromatic rings. The van der Waals surface area contributed by atoms with Gasteiger partial charge >= 0.3 is 0 Å². The van der Waals surface area contributed by atoms with Crippen molar-refractivity contribution >= 4 is 66.3 Å². The van der Waals surface area contributed by atoms with Crippen LogP contribution in [0.5, 0.6) is 0 Å². The lowest BCUT2D eigenvalue weighted by Crippen LogP contribution is -1.94. The fourth-order valence-electron chi connectivity index (χ4n) is 9.01. The molecule has 1 heteroatoms. The van der Waals surface area contributed by atoms with Crippen LogP contribution in [0.25, 0.3) is 105 Å². The molecule has 0 fully saturated rings. The summed E-state index contributed by atoms with van der Waals surface area (Å²) < 4.78 is 2.39. The Kier molecular flexibility index (Phi) is 7.89. The van der Waals surface area contributed by atoms with Crippen molar-refractivity contribution in [1.82, 2.24) is 4.57 Å². The summed E-state index contributed by atoms with van der Waals surface area (Å²) in [5, 5.41) is 10.1. The van der Waals surface area contributed by atoms with Gasteiger partial charge in [0.1, 0.15) is 0 Å². The molecule has 1 heterocycles. The fraction of sp³-hybridized carbons (Fsp3) is 0. The molecule has 10 aromatic carbocycles. The van der Waals surface area contributed by atoms with Gasteiger partial charge in [-0.2, -0.15) is 0 Å². The van der Waals surface area contributed by atoms with E-state index in [1.165, 1.54) is 98.6 Å². The minimum atomic E-state index is 1.16. The van der Waals surface area contributed by atoms with Gasteiger partial charge in [0, 0.05) is 16.5 Å². The Hall–Kier alpha value is -7.48. The molecule has 57 heavy (non-hydrogen) atoms. The topological polar surface area (TPSA) is 4.93 Å². The van der Waals surface area contributed by atoms with E-state index in [0.717, 1.165) is 5.69 Å². The molecule has 0 N–H and O–H groups in total. The van der Waals surface area contributed by atoms with E-state index in [2.05, 4.69) is 229 Å². The van der Waals surface area contributed by atoms with E-state index in [4.69, 9.17) is 0 Å². The van der Waals surface area contributed by atoms with Gasteiger partial charge in [0.05, 0.1) is 11.0 Å². The van der Waals surface area contributed by atoms with E-state index >= 15 is 0 Å². The lowest BCUT2D eigenvalue weighted by atomic mass is 9.86. The molecule has 0 saturated heterocycles.